The summed E-state index contributed by atoms with van der Waals surface area (Å²) in [5.41, 5.74) is 4.95. The van der Waals surface area contributed by atoms with E-state index in [4.69, 9.17) is 13.6 Å². The highest BCUT2D eigenvalue weighted by molar-refractivity contribution is 5.90. The Bertz CT molecular complexity index is 1470. The number of carbonyl (C=O) groups excluding carboxylic acids is 1. The molecule has 0 fully saturated rings. The molecule has 0 aliphatic carbocycles. The van der Waals surface area contributed by atoms with Crippen molar-refractivity contribution in [2.75, 3.05) is 0 Å². The van der Waals surface area contributed by atoms with Crippen molar-refractivity contribution in [1.29, 1.82) is 0 Å². The van der Waals surface area contributed by atoms with Gasteiger partial charge in [0, 0.05) is 16.7 Å². The van der Waals surface area contributed by atoms with Crippen LogP contribution in [-0.4, -0.2) is 26.4 Å². The van der Waals surface area contributed by atoms with Gasteiger partial charge in [0.25, 0.3) is 5.89 Å². The molecule has 0 unspecified atom stereocenters. The maximum Gasteiger partial charge on any atom is 0.338 e. The zero-order valence-electron chi connectivity index (χ0n) is 19.4. The van der Waals surface area contributed by atoms with E-state index in [-0.39, 0.29) is 5.89 Å². The van der Waals surface area contributed by atoms with E-state index in [0.717, 1.165) is 22.3 Å². The fourth-order valence-corrected chi connectivity index (χ4v) is 3.47. The Labute approximate surface area is 201 Å². The van der Waals surface area contributed by atoms with E-state index in [0.29, 0.717) is 28.8 Å². The molecule has 0 N–H and O–H groups in total. The van der Waals surface area contributed by atoms with E-state index in [2.05, 4.69) is 20.4 Å². The standard InChI is InChI=1S/C27H22N4O4/c1-16-7-9-19(10-8-16)24-29-30-25(35-24)20-11-13-21(14-12-20)27(32)33-18(3)23-28-31-26(34-23)22-6-4-5-17(2)15-22/h4-15,18H,1-3H3/t18-/m0/s1. The van der Waals surface area contributed by atoms with Gasteiger partial charge >= 0.3 is 5.97 Å². The number of hydrogen-bond acceptors (Lipinski definition) is 8. The average Bonchev–Trinajstić information content (AvgIpc) is 3.55. The summed E-state index contributed by atoms with van der Waals surface area (Å²) in [7, 11) is 0. The monoisotopic (exact) mass is 466 g/mol. The minimum absolute atomic E-state index is 0.223. The molecule has 2 heterocycles. The number of ether oxygens (including phenoxy) is 1. The lowest BCUT2D eigenvalue weighted by molar-refractivity contribution is 0.0280. The summed E-state index contributed by atoms with van der Waals surface area (Å²) in [6.45, 7) is 5.68. The van der Waals surface area contributed by atoms with Crippen LogP contribution in [0.2, 0.25) is 0 Å². The van der Waals surface area contributed by atoms with E-state index >= 15 is 0 Å². The third-order valence-electron chi connectivity index (χ3n) is 5.43. The zero-order chi connectivity index (χ0) is 24.4. The summed E-state index contributed by atoms with van der Waals surface area (Å²) in [6, 6.07) is 22.3. The van der Waals surface area contributed by atoms with Crippen molar-refractivity contribution in [3.8, 4) is 34.4 Å². The van der Waals surface area contributed by atoms with Crippen molar-refractivity contribution in [3.05, 3.63) is 95.4 Å². The molecule has 35 heavy (non-hydrogen) atoms. The molecule has 5 rings (SSSR count). The molecule has 8 heteroatoms. The Morgan fingerprint density at radius 2 is 1.31 bits per heavy atom. The predicted molar refractivity (Wildman–Crippen MR) is 128 cm³/mol. The molecule has 0 radical (unpaired) electrons. The Balaban J connectivity index is 1.25. The highest BCUT2D eigenvalue weighted by Crippen LogP contribution is 2.26. The topological polar surface area (TPSA) is 104 Å². The number of carbonyl (C=O) groups is 1. The Kier molecular flexibility index (Phi) is 5.93. The van der Waals surface area contributed by atoms with Crippen molar-refractivity contribution in [2.45, 2.75) is 26.9 Å². The third-order valence-corrected chi connectivity index (χ3v) is 5.43. The number of esters is 1. The lowest BCUT2D eigenvalue weighted by Crippen LogP contribution is -2.09. The molecule has 0 spiro atoms. The molecule has 2 aromatic heterocycles. The summed E-state index contributed by atoms with van der Waals surface area (Å²) < 4.78 is 17.0. The predicted octanol–water partition coefficient (Wildman–Crippen LogP) is 5.99. The van der Waals surface area contributed by atoms with Gasteiger partial charge in [-0.1, -0.05) is 35.4 Å². The molecule has 174 valence electrons. The van der Waals surface area contributed by atoms with Crippen molar-refractivity contribution >= 4 is 5.97 Å². The van der Waals surface area contributed by atoms with Crippen LogP contribution in [-0.2, 0) is 4.74 Å². The van der Waals surface area contributed by atoms with Gasteiger partial charge in [-0.3, -0.25) is 0 Å². The van der Waals surface area contributed by atoms with E-state index in [1.54, 1.807) is 31.2 Å². The van der Waals surface area contributed by atoms with Gasteiger partial charge in [-0.15, -0.1) is 20.4 Å². The first-order valence-corrected chi connectivity index (χ1v) is 11.1. The Hall–Kier alpha value is -4.59. The van der Waals surface area contributed by atoms with Gasteiger partial charge in [-0.25, -0.2) is 4.79 Å². The van der Waals surface area contributed by atoms with E-state index < -0.39 is 12.1 Å². The van der Waals surface area contributed by atoms with Crippen LogP contribution in [0, 0.1) is 13.8 Å². The van der Waals surface area contributed by atoms with Gasteiger partial charge in [0.05, 0.1) is 5.56 Å². The molecule has 0 saturated heterocycles. The summed E-state index contributed by atoms with van der Waals surface area (Å²) >= 11 is 0. The SMILES string of the molecule is Cc1ccc(-c2nnc(-c3ccc(C(=O)O[C@@H](C)c4nnc(-c5cccc(C)c5)o4)cc3)o2)cc1. The van der Waals surface area contributed by atoms with Crippen LogP contribution in [0.4, 0.5) is 0 Å². The normalized spacial score (nSPS) is 11.9. The number of nitrogens with zero attached hydrogens (tertiary/aromatic N) is 4. The van der Waals surface area contributed by atoms with Gasteiger partial charge in [0.1, 0.15) is 0 Å². The third kappa shape index (κ3) is 4.86. The minimum Gasteiger partial charge on any atom is -0.449 e. The number of benzene rings is 3. The number of aryl methyl sites for hydroxylation is 2. The first-order chi connectivity index (χ1) is 17.0. The highest BCUT2D eigenvalue weighted by Gasteiger charge is 2.20. The molecule has 0 saturated carbocycles. The lowest BCUT2D eigenvalue weighted by atomic mass is 10.1. The van der Waals surface area contributed by atoms with Crippen LogP contribution in [0.5, 0.6) is 0 Å². The number of rotatable bonds is 6. The average molecular weight is 466 g/mol. The first-order valence-electron chi connectivity index (χ1n) is 11.1. The molecular formula is C27H22N4O4. The van der Waals surface area contributed by atoms with Crippen molar-refractivity contribution < 1.29 is 18.4 Å². The minimum atomic E-state index is -0.707. The van der Waals surface area contributed by atoms with E-state index in [9.17, 15) is 4.79 Å². The molecule has 0 bridgehead atoms. The van der Waals surface area contributed by atoms with E-state index in [1.165, 1.54) is 0 Å². The van der Waals surface area contributed by atoms with Crippen molar-refractivity contribution in [1.82, 2.24) is 20.4 Å². The second-order valence-corrected chi connectivity index (χ2v) is 8.22. The molecule has 1 atom stereocenters. The quantitative estimate of drug-likeness (QED) is 0.281. The van der Waals surface area contributed by atoms with Crippen LogP contribution in [0.3, 0.4) is 0 Å². The molecule has 0 aliphatic heterocycles. The Morgan fingerprint density at radius 3 is 1.97 bits per heavy atom. The fourth-order valence-electron chi connectivity index (χ4n) is 3.47. The fraction of sp³-hybridized carbons (Fsp3) is 0.148. The van der Waals surface area contributed by atoms with Gasteiger partial charge < -0.3 is 13.6 Å². The molecule has 3 aromatic carbocycles. The summed E-state index contributed by atoms with van der Waals surface area (Å²) in [5, 5.41) is 16.3. The second-order valence-electron chi connectivity index (χ2n) is 8.22. The van der Waals surface area contributed by atoms with Gasteiger partial charge in [0.15, 0.2) is 6.10 Å². The molecular weight excluding hydrogens is 444 g/mol. The highest BCUT2D eigenvalue weighted by atomic mass is 16.6. The van der Waals surface area contributed by atoms with Gasteiger partial charge in [-0.05, 0) is 69.3 Å². The van der Waals surface area contributed by atoms with E-state index in [1.807, 2.05) is 62.4 Å². The summed E-state index contributed by atoms with van der Waals surface area (Å²) in [6.07, 6.45) is -0.707. The lowest BCUT2D eigenvalue weighted by Gasteiger charge is -2.09. The van der Waals surface area contributed by atoms with Crippen LogP contribution in [0.15, 0.2) is 81.6 Å². The molecule has 0 aliphatic rings. The van der Waals surface area contributed by atoms with Crippen molar-refractivity contribution in [2.24, 2.45) is 0 Å². The van der Waals surface area contributed by atoms with Crippen LogP contribution in [0.25, 0.3) is 34.4 Å². The van der Waals surface area contributed by atoms with Crippen molar-refractivity contribution in [3.63, 3.8) is 0 Å². The smallest absolute Gasteiger partial charge is 0.338 e. The Morgan fingerprint density at radius 1 is 0.714 bits per heavy atom. The maximum absolute atomic E-state index is 12.7. The first kappa shape index (κ1) is 22.2. The van der Waals surface area contributed by atoms with Gasteiger partial charge in [-0.2, -0.15) is 0 Å². The largest absolute Gasteiger partial charge is 0.449 e. The number of hydrogen-bond donors (Lipinski definition) is 0. The van der Waals surface area contributed by atoms with Crippen LogP contribution < -0.4 is 0 Å². The van der Waals surface area contributed by atoms with Crippen LogP contribution in [0.1, 0.15) is 40.4 Å². The zero-order valence-corrected chi connectivity index (χ0v) is 19.4. The molecule has 5 aromatic rings. The second kappa shape index (κ2) is 9.34. The van der Waals surface area contributed by atoms with Gasteiger partial charge in [0.2, 0.25) is 17.7 Å². The molecule has 8 nitrogen and oxygen atoms in total. The summed E-state index contributed by atoms with van der Waals surface area (Å²) in [4.78, 5) is 12.7. The van der Waals surface area contributed by atoms with Crippen LogP contribution >= 0.6 is 0 Å². The molecule has 0 amide bonds. The summed E-state index contributed by atoms with van der Waals surface area (Å²) in [5.74, 6) is 0.886. The maximum atomic E-state index is 12.7. The number of aromatic nitrogens is 4.